The van der Waals surface area contributed by atoms with Crippen molar-refractivity contribution in [2.45, 2.75) is 19.4 Å². The zero-order valence-electron chi connectivity index (χ0n) is 10.7. The van der Waals surface area contributed by atoms with E-state index in [0.29, 0.717) is 22.9 Å². The van der Waals surface area contributed by atoms with Gasteiger partial charge in [-0.15, -0.1) is 0 Å². The molecule has 0 bridgehead atoms. The first-order valence-electron chi connectivity index (χ1n) is 6.52. The van der Waals surface area contributed by atoms with Crippen molar-refractivity contribution >= 4 is 35.0 Å². The average Bonchev–Trinajstić information content (AvgIpc) is 2.69. The van der Waals surface area contributed by atoms with E-state index in [-0.39, 0.29) is 30.2 Å². The van der Waals surface area contributed by atoms with Crippen LogP contribution >= 0.6 is 23.2 Å². The maximum absolute atomic E-state index is 12.3. The maximum Gasteiger partial charge on any atom is 0.233 e. The van der Waals surface area contributed by atoms with Crippen molar-refractivity contribution in [3.8, 4) is 0 Å². The zero-order valence-corrected chi connectivity index (χ0v) is 12.2. The molecule has 0 aromatic heterocycles. The Morgan fingerprint density at radius 3 is 2.15 bits per heavy atom. The molecule has 0 radical (unpaired) electrons. The van der Waals surface area contributed by atoms with Gasteiger partial charge in [-0.2, -0.15) is 0 Å². The highest BCUT2D eigenvalue weighted by molar-refractivity contribution is 6.42. The van der Waals surface area contributed by atoms with E-state index >= 15 is 0 Å². The number of imide groups is 1. The average molecular weight is 310 g/mol. The van der Waals surface area contributed by atoms with E-state index in [1.807, 2.05) is 12.2 Å². The number of carbonyl (C=O) groups is 2. The summed E-state index contributed by atoms with van der Waals surface area (Å²) < 4.78 is 0. The quantitative estimate of drug-likeness (QED) is 0.620. The third-order valence-electron chi connectivity index (χ3n) is 3.92. The molecule has 2 amide bonds. The van der Waals surface area contributed by atoms with Gasteiger partial charge >= 0.3 is 0 Å². The Morgan fingerprint density at radius 2 is 1.60 bits per heavy atom. The molecule has 0 N–H and O–H groups in total. The molecule has 1 fully saturated rings. The van der Waals surface area contributed by atoms with E-state index < -0.39 is 0 Å². The monoisotopic (exact) mass is 309 g/mol. The first kappa shape index (κ1) is 13.7. The molecule has 1 aromatic carbocycles. The highest BCUT2D eigenvalue weighted by Crippen LogP contribution is 2.36. The number of carbonyl (C=O) groups excluding carboxylic acids is 2. The number of allylic oxidation sites excluding steroid dienone is 2. The van der Waals surface area contributed by atoms with Gasteiger partial charge in [0.25, 0.3) is 0 Å². The Hall–Kier alpha value is -1.32. The van der Waals surface area contributed by atoms with Gasteiger partial charge < -0.3 is 0 Å². The fourth-order valence-electron chi connectivity index (χ4n) is 2.85. The molecule has 1 saturated heterocycles. The van der Waals surface area contributed by atoms with Crippen molar-refractivity contribution in [2.24, 2.45) is 11.8 Å². The van der Waals surface area contributed by atoms with Gasteiger partial charge in [-0.25, -0.2) is 0 Å². The summed E-state index contributed by atoms with van der Waals surface area (Å²) in [5, 5.41) is 0.898. The van der Waals surface area contributed by atoms with Gasteiger partial charge in [0.15, 0.2) is 0 Å². The Labute approximate surface area is 127 Å². The smallest absolute Gasteiger partial charge is 0.233 e. The minimum absolute atomic E-state index is 0.0737. The van der Waals surface area contributed by atoms with E-state index in [1.54, 1.807) is 18.2 Å². The number of benzene rings is 1. The van der Waals surface area contributed by atoms with Gasteiger partial charge in [0.1, 0.15) is 0 Å². The van der Waals surface area contributed by atoms with Crippen LogP contribution in [0.2, 0.25) is 10.0 Å². The molecule has 1 heterocycles. The Morgan fingerprint density at radius 1 is 1.00 bits per heavy atom. The Kier molecular flexibility index (Phi) is 3.57. The van der Waals surface area contributed by atoms with Crippen LogP contribution in [0.4, 0.5) is 0 Å². The summed E-state index contributed by atoms with van der Waals surface area (Å²) in [7, 11) is 0. The van der Waals surface area contributed by atoms with Crippen LogP contribution in [0.5, 0.6) is 0 Å². The van der Waals surface area contributed by atoms with Gasteiger partial charge in [-0.3, -0.25) is 14.5 Å². The van der Waals surface area contributed by atoms with Gasteiger partial charge in [0.05, 0.1) is 28.4 Å². The lowest BCUT2D eigenvalue weighted by atomic mass is 9.85. The second kappa shape index (κ2) is 5.23. The van der Waals surface area contributed by atoms with Crippen LogP contribution in [-0.2, 0) is 16.1 Å². The van der Waals surface area contributed by atoms with Crippen LogP contribution in [0, 0.1) is 11.8 Å². The summed E-state index contributed by atoms with van der Waals surface area (Å²) >= 11 is 11.8. The summed E-state index contributed by atoms with van der Waals surface area (Å²) in [6, 6.07) is 5.17. The lowest BCUT2D eigenvalue weighted by Gasteiger charge is -2.15. The molecular formula is C15H13Cl2NO2. The molecule has 5 heteroatoms. The molecule has 104 valence electrons. The Bertz CT molecular complexity index is 586. The molecule has 1 aliphatic heterocycles. The zero-order chi connectivity index (χ0) is 14.3. The topological polar surface area (TPSA) is 37.4 Å². The Balaban J connectivity index is 1.82. The van der Waals surface area contributed by atoms with Crippen LogP contribution in [0.15, 0.2) is 30.4 Å². The van der Waals surface area contributed by atoms with E-state index in [1.165, 1.54) is 4.90 Å². The molecule has 3 nitrogen and oxygen atoms in total. The molecule has 2 atom stereocenters. The van der Waals surface area contributed by atoms with Gasteiger partial charge in [-0.05, 0) is 30.5 Å². The lowest BCUT2D eigenvalue weighted by molar-refractivity contribution is -0.140. The molecule has 0 saturated carbocycles. The highest BCUT2D eigenvalue weighted by Gasteiger charge is 2.46. The fraction of sp³-hybridized carbons (Fsp3) is 0.333. The second-order valence-corrected chi connectivity index (χ2v) is 5.98. The van der Waals surface area contributed by atoms with Crippen molar-refractivity contribution in [3.63, 3.8) is 0 Å². The van der Waals surface area contributed by atoms with Gasteiger partial charge in [0.2, 0.25) is 11.8 Å². The predicted molar refractivity (Wildman–Crippen MR) is 77.4 cm³/mol. The van der Waals surface area contributed by atoms with Crippen molar-refractivity contribution < 1.29 is 9.59 Å². The number of nitrogens with zero attached hydrogens (tertiary/aromatic N) is 1. The summed E-state index contributed by atoms with van der Waals surface area (Å²) in [5.74, 6) is -0.517. The first-order valence-corrected chi connectivity index (χ1v) is 7.27. The maximum atomic E-state index is 12.3. The summed E-state index contributed by atoms with van der Waals surface area (Å²) in [4.78, 5) is 26.0. The van der Waals surface area contributed by atoms with E-state index in [2.05, 4.69) is 0 Å². The van der Waals surface area contributed by atoms with E-state index in [0.717, 1.165) is 5.56 Å². The molecular weight excluding hydrogens is 297 g/mol. The number of fused-ring (bicyclic) bond motifs is 1. The molecule has 0 spiro atoms. The number of halogens is 2. The van der Waals surface area contributed by atoms with E-state index in [9.17, 15) is 9.59 Å². The number of hydrogen-bond donors (Lipinski definition) is 0. The fourth-order valence-corrected chi connectivity index (χ4v) is 3.17. The second-order valence-electron chi connectivity index (χ2n) is 5.17. The largest absolute Gasteiger partial charge is 0.278 e. The number of rotatable bonds is 2. The lowest BCUT2D eigenvalue weighted by Crippen LogP contribution is -2.30. The standard InChI is InChI=1S/C15H13Cl2NO2/c16-12-6-5-9(7-13(12)17)8-18-14(19)10-3-1-2-4-11(10)15(18)20/h1-2,5-7,10-11H,3-4,8H2/t10-,11-/m1/s1. The van der Waals surface area contributed by atoms with Gasteiger partial charge in [0, 0.05) is 0 Å². The van der Waals surface area contributed by atoms with E-state index in [4.69, 9.17) is 23.2 Å². The van der Waals surface area contributed by atoms with Crippen molar-refractivity contribution in [2.75, 3.05) is 0 Å². The van der Waals surface area contributed by atoms with Crippen LogP contribution in [-0.4, -0.2) is 16.7 Å². The van der Waals surface area contributed by atoms with Crippen molar-refractivity contribution in [1.82, 2.24) is 4.90 Å². The van der Waals surface area contributed by atoms with Gasteiger partial charge in [-0.1, -0.05) is 41.4 Å². The van der Waals surface area contributed by atoms with Crippen molar-refractivity contribution in [1.29, 1.82) is 0 Å². The van der Waals surface area contributed by atoms with Crippen LogP contribution < -0.4 is 0 Å². The number of amides is 2. The molecule has 1 aliphatic carbocycles. The summed E-state index contributed by atoms with van der Waals surface area (Å²) in [5.41, 5.74) is 0.813. The third kappa shape index (κ3) is 2.25. The van der Waals surface area contributed by atoms with Crippen LogP contribution in [0.25, 0.3) is 0 Å². The molecule has 20 heavy (non-hydrogen) atoms. The minimum Gasteiger partial charge on any atom is -0.278 e. The number of hydrogen-bond acceptors (Lipinski definition) is 2. The highest BCUT2D eigenvalue weighted by atomic mass is 35.5. The SMILES string of the molecule is O=C1[C@@H]2CC=CC[C@H]2C(=O)N1Cc1ccc(Cl)c(Cl)c1. The molecule has 0 unspecified atom stereocenters. The summed E-state index contributed by atoms with van der Waals surface area (Å²) in [6.07, 6.45) is 5.28. The minimum atomic E-state index is -0.185. The summed E-state index contributed by atoms with van der Waals surface area (Å²) in [6.45, 7) is 0.265. The first-order chi connectivity index (χ1) is 9.58. The predicted octanol–water partition coefficient (Wildman–Crippen LogP) is 3.44. The normalized spacial score (nSPS) is 25.2. The molecule has 3 rings (SSSR count). The van der Waals surface area contributed by atoms with Crippen molar-refractivity contribution in [3.05, 3.63) is 46.0 Å². The van der Waals surface area contributed by atoms with Crippen LogP contribution in [0.3, 0.4) is 0 Å². The molecule has 1 aromatic rings. The molecule has 2 aliphatic rings. The number of likely N-dealkylation sites (tertiary alicyclic amines) is 1. The third-order valence-corrected chi connectivity index (χ3v) is 4.66. The van der Waals surface area contributed by atoms with Crippen LogP contribution in [0.1, 0.15) is 18.4 Å².